The smallest absolute Gasteiger partial charge is 0.254 e. The summed E-state index contributed by atoms with van der Waals surface area (Å²) in [5, 5.41) is 10.4. The van der Waals surface area contributed by atoms with Crippen molar-refractivity contribution < 1.29 is 14.3 Å². The number of benzene rings is 1. The number of hydrogen-bond donors (Lipinski definition) is 2. The Morgan fingerprint density at radius 1 is 1.21 bits per heavy atom. The maximum atomic E-state index is 12.9. The van der Waals surface area contributed by atoms with Gasteiger partial charge in [0.25, 0.3) is 5.91 Å². The molecule has 0 fully saturated rings. The third-order valence-electron chi connectivity index (χ3n) is 3.37. The molecule has 4 heteroatoms. The summed E-state index contributed by atoms with van der Waals surface area (Å²) < 4.78 is 12.9. The third kappa shape index (κ3) is 4.31. The number of nitrogens with two attached hydrogens (primary N) is 1. The van der Waals surface area contributed by atoms with Crippen LogP contribution in [0, 0.1) is 5.82 Å². The van der Waals surface area contributed by atoms with Crippen LogP contribution in [0.4, 0.5) is 4.39 Å². The van der Waals surface area contributed by atoms with Crippen LogP contribution in [-0.4, -0.2) is 11.0 Å². The molecule has 0 heterocycles. The highest BCUT2D eigenvalue weighted by Crippen LogP contribution is 2.27. The number of halogens is 1. The van der Waals surface area contributed by atoms with E-state index in [0.29, 0.717) is 5.56 Å². The van der Waals surface area contributed by atoms with Gasteiger partial charge in [0.1, 0.15) is 5.82 Å². The van der Waals surface area contributed by atoms with Crippen molar-refractivity contribution in [1.82, 2.24) is 0 Å². The highest BCUT2D eigenvalue weighted by molar-refractivity contribution is 5.84. The SMILES string of the molecule is CCCCCCCC(O)(C(N)=O)c1ccc(F)cc1. The molecule has 0 saturated heterocycles. The number of aliphatic hydroxyl groups is 1. The summed E-state index contributed by atoms with van der Waals surface area (Å²) in [6.45, 7) is 2.12. The lowest BCUT2D eigenvalue weighted by molar-refractivity contribution is -0.138. The highest BCUT2D eigenvalue weighted by Gasteiger charge is 2.35. The van der Waals surface area contributed by atoms with E-state index in [-0.39, 0.29) is 6.42 Å². The fraction of sp³-hybridized carbons (Fsp3) is 0.533. The quantitative estimate of drug-likeness (QED) is 0.711. The van der Waals surface area contributed by atoms with Crippen molar-refractivity contribution in [1.29, 1.82) is 0 Å². The van der Waals surface area contributed by atoms with Gasteiger partial charge < -0.3 is 10.8 Å². The normalized spacial score (nSPS) is 14.1. The van der Waals surface area contributed by atoms with Crippen LogP contribution in [-0.2, 0) is 10.4 Å². The highest BCUT2D eigenvalue weighted by atomic mass is 19.1. The van der Waals surface area contributed by atoms with Crippen molar-refractivity contribution in [3.05, 3.63) is 35.6 Å². The average molecular weight is 267 g/mol. The minimum absolute atomic E-state index is 0.275. The predicted octanol–water partition coefficient (Wildman–Crippen LogP) is 2.86. The second-order valence-electron chi connectivity index (χ2n) is 4.90. The fourth-order valence-corrected chi connectivity index (χ4v) is 2.12. The molecule has 1 aromatic carbocycles. The number of amides is 1. The maximum absolute atomic E-state index is 12.9. The van der Waals surface area contributed by atoms with Crippen molar-refractivity contribution in [3.63, 3.8) is 0 Å². The molecule has 0 radical (unpaired) electrons. The van der Waals surface area contributed by atoms with Gasteiger partial charge in [-0.05, 0) is 30.5 Å². The van der Waals surface area contributed by atoms with E-state index >= 15 is 0 Å². The van der Waals surface area contributed by atoms with Crippen LogP contribution in [0.2, 0.25) is 0 Å². The Balaban J connectivity index is 2.69. The Bertz CT molecular complexity index is 405. The van der Waals surface area contributed by atoms with Gasteiger partial charge in [0.2, 0.25) is 0 Å². The largest absolute Gasteiger partial charge is 0.375 e. The number of carbonyl (C=O) groups excluding carboxylic acids is 1. The van der Waals surface area contributed by atoms with Crippen molar-refractivity contribution >= 4 is 5.91 Å². The van der Waals surface area contributed by atoms with Gasteiger partial charge in [0, 0.05) is 0 Å². The monoisotopic (exact) mass is 267 g/mol. The van der Waals surface area contributed by atoms with Gasteiger partial charge in [-0.3, -0.25) is 4.79 Å². The molecular weight excluding hydrogens is 245 g/mol. The molecule has 3 N–H and O–H groups in total. The molecule has 0 aliphatic carbocycles. The van der Waals surface area contributed by atoms with Gasteiger partial charge in [-0.2, -0.15) is 0 Å². The number of rotatable bonds is 8. The standard InChI is InChI=1S/C15H22FNO2/c1-2-3-4-5-6-11-15(19,14(17)18)12-7-9-13(16)10-8-12/h7-10,19H,2-6,11H2,1H3,(H2,17,18). The zero-order chi connectivity index (χ0) is 14.3. The summed E-state index contributed by atoms with van der Waals surface area (Å²) in [5.74, 6) is -1.19. The molecule has 1 aromatic rings. The third-order valence-corrected chi connectivity index (χ3v) is 3.37. The van der Waals surface area contributed by atoms with E-state index in [9.17, 15) is 14.3 Å². The first-order valence-corrected chi connectivity index (χ1v) is 6.79. The van der Waals surface area contributed by atoms with Gasteiger partial charge in [-0.15, -0.1) is 0 Å². The average Bonchev–Trinajstić information content (AvgIpc) is 2.38. The molecule has 0 saturated carbocycles. The van der Waals surface area contributed by atoms with E-state index in [4.69, 9.17) is 5.73 Å². The Kier molecular flexibility index (Phi) is 5.96. The van der Waals surface area contributed by atoms with Crippen LogP contribution in [0.3, 0.4) is 0 Å². The lowest BCUT2D eigenvalue weighted by Crippen LogP contribution is -2.41. The minimum Gasteiger partial charge on any atom is -0.375 e. The lowest BCUT2D eigenvalue weighted by Gasteiger charge is -2.25. The summed E-state index contributed by atoms with van der Waals surface area (Å²) in [4.78, 5) is 11.5. The van der Waals surface area contributed by atoms with E-state index in [1.165, 1.54) is 24.3 Å². The van der Waals surface area contributed by atoms with Crippen LogP contribution in [0.5, 0.6) is 0 Å². The zero-order valence-electron chi connectivity index (χ0n) is 11.4. The molecule has 0 aliphatic rings. The van der Waals surface area contributed by atoms with E-state index in [1.807, 2.05) is 0 Å². The second-order valence-corrected chi connectivity index (χ2v) is 4.90. The van der Waals surface area contributed by atoms with Crippen LogP contribution in [0.1, 0.15) is 51.0 Å². The molecular formula is C15H22FNO2. The Morgan fingerprint density at radius 3 is 2.32 bits per heavy atom. The molecule has 3 nitrogen and oxygen atoms in total. The molecule has 0 aromatic heterocycles. The summed E-state index contributed by atoms with van der Waals surface area (Å²) in [6.07, 6.45) is 5.30. The van der Waals surface area contributed by atoms with E-state index in [0.717, 1.165) is 32.1 Å². The molecule has 19 heavy (non-hydrogen) atoms. The molecule has 0 aliphatic heterocycles. The van der Waals surface area contributed by atoms with Crippen LogP contribution < -0.4 is 5.73 Å². The molecule has 1 atom stereocenters. The Morgan fingerprint density at radius 2 is 1.79 bits per heavy atom. The van der Waals surface area contributed by atoms with E-state index in [2.05, 4.69) is 6.92 Å². The number of primary amides is 1. The van der Waals surface area contributed by atoms with Gasteiger partial charge in [0.05, 0.1) is 0 Å². The molecule has 1 unspecified atom stereocenters. The second kappa shape index (κ2) is 7.24. The molecule has 1 rings (SSSR count). The number of unbranched alkanes of at least 4 members (excludes halogenated alkanes) is 4. The van der Waals surface area contributed by atoms with Crippen molar-refractivity contribution in [2.24, 2.45) is 5.73 Å². The Labute approximate surface area is 113 Å². The number of hydrogen-bond acceptors (Lipinski definition) is 2. The summed E-state index contributed by atoms with van der Waals surface area (Å²) in [7, 11) is 0. The first-order valence-electron chi connectivity index (χ1n) is 6.79. The maximum Gasteiger partial charge on any atom is 0.254 e. The van der Waals surface area contributed by atoms with E-state index in [1.54, 1.807) is 0 Å². The number of carbonyl (C=O) groups is 1. The fourth-order valence-electron chi connectivity index (χ4n) is 2.12. The lowest BCUT2D eigenvalue weighted by atomic mass is 9.87. The molecule has 0 spiro atoms. The van der Waals surface area contributed by atoms with E-state index < -0.39 is 17.3 Å². The van der Waals surface area contributed by atoms with Crippen LogP contribution >= 0.6 is 0 Å². The van der Waals surface area contributed by atoms with Crippen LogP contribution in [0.25, 0.3) is 0 Å². The molecule has 1 amide bonds. The minimum atomic E-state index is -1.69. The van der Waals surface area contributed by atoms with Crippen LogP contribution in [0.15, 0.2) is 24.3 Å². The molecule has 0 bridgehead atoms. The summed E-state index contributed by atoms with van der Waals surface area (Å²) in [6, 6.07) is 5.26. The van der Waals surface area contributed by atoms with Gasteiger partial charge in [-0.25, -0.2) is 4.39 Å². The van der Waals surface area contributed by atoms with Crippen molar-refractivity contribution in [2.75, 3.05) is 0 Å². The van der Waals surface area contributed by atoms with Crippen molar-refractivity contribution in [2.45, 2.75) is 51.0 Å². The predicted molar refractivity (Wildman–Crippen MR) is 72.9 cm³/mol. The summed E-state index contributed by atoms with van der Waals surface area (Å²) in [5.41, 5.74) is 3.96. The van der Waals surface area contributed by atoms with Gasteiger partial charge >= 0.3 is 0 Å². The van der Waals surface area contributed by atoms with Gasteiger partial charge in [-0.1, -0.05) is 44.7 Å². The topological polar surface area (TPSA) is 63.3 Å². The first kappa shape index (κ1) is 15.6. The Hall–Kier alpha value is -1.42. The van der Waals surface area contributed by atoms with Gasteiger partial charge in [0.15, 0.2) is 5.60 Å². The van der Waals surface area contributed by atoms with Crippen molar-refractivity contribution in [3.8, 4) is 0 Å². The zero-order valence-corrected chi connectivity index (χ0v) is 11.4. The summed E-state index contributed by atoms with van der Waals surface area (Å²) >= 11 is 0. The first-order chi connectivity index (χ1) is 9.00. The molecule has 106 valence electrons.